The fourth-order valence-electron chi connectivity index (χ4n) is 1.31. The van der Waals surface area contributed by atoms with Crippen molar-refractivity contribution in [1.82, 2.24) is 4.83 Å². The third kappa shape index (κ3) is 2.31. The quantitative estimate of drug-likeness (QED) is 0.575. The van der Waals surface area contributed by atoms with E-state index in [1.165, 1.54) is 0 Å². The SMILES string of the molecule is CCCc1ccccc1S(=O)(=O)NN. The van der Waals surface area contributed by atoms with E-state index in [1.54, 1.807) is 18.2 Å². The molecule has 0 radical (unpaired) electrons. The van der Waals surface area contributed by atoms with Crippen molar-refractivity contribution >= 4 is 10.0 Å². The molecule has 0 heterocycles. The van der Waals surface area contributed by atoms with Gasteiger partial charge in [0.05, 0.1) is 4.90 Å². The maximum absolute atomic E-state index is 11.5. The second-order valence-corrected chi connectivity index (χ2v) is 4.66. The summed E-state index contributed by atoms with van der Waals surface area (Å²) in [6.45, 7) is 2.00. The van der Waals surface area contributed by atoms with Crippen LogP contribution < -0.4 is 10.7 Å². The van der Waals surface area contributed by atoms with E-state index in [4.69, 9.17) is 5.84 Å². The van der Waals surface area contributed by atoms with Crippen LogP contribution in [0.4, 0.5) is 0 Å². The maximum atomic E-state index is 11.5. The van der Waals surface area contributed by atoms with Gasteiger partial charge in [0.1, 0.15) is 0 Å². The number of hydrogen-bond donors (Lipinski definition) is 2. The number of benzene rings is 1. The van der Waals surface area contributed by atoms with Gasteiger partial charge < -0.3 is 0 Å². The van der Waals surface area contributed by atoms with Gasteiger partial charge in [-0.25, -0.2) is 8.42 Å². The Kier molecular flexibility index (Phi) is 3.62. The molecule has 1 rings (SSSR count). The predicted molar refractivity (Wildman–Crippen MR) is 54.9 cm³/mol. The number of hydrazine groups is 1. The molecule has 0 amide bonds. The molecule has 5 heteroatoms. The van der Waals surface area contributed by atoms with E-state index in [0.29, 0.717) is 0 Å². The first-order valence-corrected chi connectivity index (χ1v) is 5.90. The summed E-state index contributed by atoms with van der Waals surface area (Å²) in [5, 5.41) is 0. The Labute approximate surface area is 84.1 Å². The molecule has 78 valence electrons. The normalized spacial score (nSPS) is 11.6. The fourth-order valence-corrected chi connectivity index (χ4v) is 2.21. The first kappa shape index (κ1) is 11.2. The summed E-state index contributed by atoms with van der Waals surface area (Å²) in [6.07, 6.45) is 1.63. The molecule has 1 aromatic carbocycles. The van der Waals surface area contributed by atoms with Crippen LogP contribution in [0.25, 0.3) is 0 Å². The Balaban J connectivity index is 3.20. The molecule has 0 unspecified atom stereocenters. The van der Waals surface area contributed by atoms with Gasteiger partial charge in [0.25, 0.3) is 10.0 Å². The average Bonchev–Trinajstić information content (AvgIpc) is 2.19. The van der Waals surface area contributed by atoms with Gasteiger partial charge in [0.2, 0.25) is 0 Å². The van der Waals surface area contributed by atoms with Gasteiger partial charge in [-0.05, 0) is 18.1 Å². The summed E-state index contributed by atoms with van der Waals surface area (Å²) in [7, 11) is -3.52. The van der Waals surface area contributed by atoms with Crippen LogP contribution in [0.2, 0.25) is 0 Å². The highest BCUT2D eigenvalue weighted by molar-refractivity contribution is 7.89. The molecular formula is C9H14N2O2S. The minimum absolute atomic E-state index is 0.268. The van der Waals surface area contributed by atoms with Gasteiger partial charge in [-0.1, -0.05) is 31.5 Å². The number of rotatable bonds is 4. The zero-order valence-electron chi connectivity index (χ0n) is 8.03. The molecule has 0 aliphatic carbocycles. The van der Waals surface area contributed by atoms with Crippen LogP contribution in [0.3, 0.4) is 0 Å². The van der Waals surface area contributed by atoms with Crippen LogP contribution >= 0.6 is 0 Å². The van der Waals surface area contributed by atoms with E-state index in [9.17, 15) is 8.42 Å². The summed E-state index contributed by atoms with van der Waals surface area (Å²) in [5.41, 5.74) is 0.799. The number of nitrogens with one attached hydrogen (secondary N) is 1. The van der Waals surface area contributed by atoms with Crippen LogP contribution in [0.1, 0.15) is 18.9 Å². The van der Waals surface area contributed by atoms with Crippen molar-refractivity contribution in [1.29, 1.82) is 0 Å². The number of nitrogens with two attached hydrogens (primary N) is 1. The highest BCUT2D eigenvalue weighted by atomic mass is 32.2. The Morgan fingerprint density at radius 3 is 2.57 bits per heavy atom. The van der Waals surface area contributed by atoms with Crippen molar-refractivity contribution in [2.75, 3.05) is 0 Å². The van der Waals surface area contributed by atoms with Crippen molar-refractivity contribution in [3.63, 3.8) is 0 Å². The Bertz CT molecular complexity index is 401. The van der Waals surface area contributed by atoms with E-state index < -0.39 is 10.0 Å². The number of sulfonamides is 1. The van der Waals surface area contributed by atoms with E-state index >= 15 is 0 Å². The van der Waals surface area contributed by atoms with Gasteiger partial charge in [-0.2, -0.15) is 4.83 Å². The van der Waals surface area contributed by atoms with Crippen LogP contribution in [-0.4, -0.2) is 8.42 Å². The first-order valence-electron chi connectivity index (χ1n) is 4.42. The standard InChI is InChI=1S/C9H14N2O2S/c1-2-5-8-6-3-4-7-9(8)14(12,13)11-10/h3-4,6-7,11H,2,5,10H2,1H3. The van der Waals surface area contributed by atoms with Crippen LogP contribution in [0.15, 0.2) is 29.2 Å². The molecule has 14 heavy (non-hydrogen) atoms. The summed E-state index contributed by atoms with van der Waals surface area (Å²) in [4.78, 5) is 2.10. The topological polar surface area (TPSA) is 72.2 Å². The zero-order valence-corrected chi connectivity index (χ0v) is 8.84. The lowest BCUT2D eigenvalue weighted by molar-refractivity contribution is 0.582. The van der Waals surface area contributed by atoms with Crippen molar-refractivity contribution < 1.29 is 8.42 Å². The van der Waals surface area contributed by atoms with Crippen LogP contribution in [0.5, 0.6) is 0 Å². The molecule has 0 aromatic heterocycles. The van der Waals surface area contributed by atoms with E-state index in [1.807, 2.05) is 17.8 Å². The van der Waals surface area contributed by atoms with Crippen molar-refractivity contribution in [3.8, 4) is 0 Å². The lowest BCUT2D eigenvalue weighted by atomic mass is 10.1. The lowest BCUT2D eigenvalue weighted by Crippen LogP contribution is -2.30. The Morgan fingerprint density at radius 2 is 2.00 bits per heavy atom. The van der Waals surface area contributed by atoms with Crippen molar-refractivity contribution in [2.24, 2.45) is 5.84 Å². The lowest BCUT2D eigenvalue weighted by Gasteiger charge is -2.07. The zero-order chi connectivity index (χ0) is 10.6. The minimum atomic E-state index is -3.52. The van der Waals surface area contributed by atoms with E-state index in [0.717, 1.165) is 18.4 Å². The number of aryl methyl sites for hydroxylation is 1. The molecule has 0 saturated carbocycles. The highest BCUT2D eigenvalue weighted by Gasteiger charge is 2.15. The average molecular weight is 214 g/mol. The summed E-state index contributed by atoms with van der Waals surface area (Å²) in [5.74, 6) is 4.97. The van der Waals surface area contributed by atoms with Crippen LogP contribution in [-0.2, 0) is 16.4 Å². The molecule has 3 N–H and O–H groups in total. The Hall–Kier alpha value is -0.910. The predicted octanol–water partition coefficient (Wildman–Crippen LogP) is 0.791. The van der Waals surface area contributed by atoms with Gasteiger partial charge in [-0.3, -0.25) is 5.84 Å². The highest BCUT2D eigenvalue weighted by Crippen LogP contribution is 2.15. The molecular weight excluding hydrogens is 200 g/mol. The summed E-state index contributed by atoms with van der Waals surface area (Å²) >= 11 is 0. The molecule has 1 aromatic rings. The smallest absolute Gasteiger partial charge is 0.253 e. The third-order valence-electron chi connectivity index (χ3n) is 1.94. The number of hydrogen-bond acceptors (Lipinski definition) is 3. The van der Waals surface area contributed by atoms with Gasteiger partial charge in [-0.15, -0.1) is 0 Å². The molecule has 0 aliphatic rings. The molecule has 4 nitrogen and oxygen atoms in total. The van der Waals surface area contributed by atoms with Crippen molar-refractivity contribution in [2.45, 2.75) is 24.7 Å². The minimum Gasteiger partial charge on any atom is -0.257 e. The van der Waals surface area contributed by atoms with Crippen molar-refractivity contribution in [3.05, 3.63) is 29.8 Å². The monoisotopic (exact) mass is 214 g/mol. The first-order chi connectivity index (χ1) is 6.61. The summed E-state index contributed by atoms with van der Waals surface area (Å²) in [6, 6.07) is 6.86. The second kappa shape index (κ2) is 4.54. The fraction of sp³-hybridized carbons (Fsp3) is 0.333. The summed E-state index contributed by atoms with van der Waals surface area (Å²) < 4.78 is 22.9. The molecule has 0 fully saturated rings. The largest absolute Gasteiger partial charge is 0.257 e. The van der Waals surface area contributed by atoms with Gasteiger partial charge in [0, 0.05) is 0 Å². The third-order valence-corrected chi connectivity index (χ3v) is 3.22. The van der Waals surface area contributed by atoms with E-state index in [2.05, 4.69) is 0 Å². The van der Waals surface area contributed by atoms with Gasteiger partial charge >= 0.3 is 0 Å². The molecule has 0 aliphatic heterocycles. The van der Waals surface area contributed by atoms with E-state index in [-0.39, 0.29) is 4.90 Å². The molecule has 0 saturated heterocycles. The van der Waals surface area contributed by atoms with Crippen LogP contribution in [0, 0.1) is 0 Å². The Morgan fingerprint density at radius 1 is 1.36 bits per heavy atom. The maximum Gasteiger partial charge on any atom is 0.253 e. The second-order valence-electron chi connectivity index (χ2n) is 2.98. The van der Waals surface area contributed by atoms with Gasteiger partial charge in [0.15, 0.2) is 0 Å². The molecule has 0 bridgehead atoms. The molecule has 0 spiro atoms. The molecule has 0 atom stereocenters.